The molecule has 0 bridgehead atoms. The maximum absolute atomic E-state index is 4.28. The van der Waals surface area contributed by atoms with Gasteiger partial charge >= 0.3 is 0 Å². The second-order valence-corrected chi connectivity index (χ2v) is 6.58. The van der Waals surface area contributed by atoms with E-state index in [1.54, 1.807) is 0 Å². The SMILES string of the molecule is CCCCCCC(C)(CCCCC)c1cncs1. The Morgan fingerprint density at radius 2 is 1.61 bits per heavy atom. The highest BCUT2D eigenvalue weighted by atomic mass is 32.1. The lowest BCUT2D eigenvalue weighted by atomic mass is 9.79. The van der Waals surface area contributed by atoms with E-state index in [2.05, 4.69) is 32.0 Å². The fourth-order valence-electron chi connectivity index (χ4n) is 2.59. The molecule has 1 atom stereocenters. The van der Waals surface area contributed by atoms with Crippen molar-refractivity contribution in [1.82, 2.24) is 4.98 Å². The second-order valence-electron chi connectivity index (χ2n) is 5.69. The van der Waals surface area contributed by atoms with Gasteiger partial charge in [0.25, 0.3) is 0 Å². The van der Waals surface area contributed by atoms with Gasteiger partial charge in [0.15, 0.2) is 0 Å². The van der Waals surface area contributed by atoms with Gasteiger partial charge in [-0.05, 0) is 12.8 Å². The van der Waals surface area contributed by atoms with Crippen molar-refractivity contribution in [2.45, 2.75) is 84.0 Å². The summed E-state index contributed by atoms with van der Waals surface area (Å²) in [5.41, 5.74) is 2.36. The summed E-state index contributed by atoms with van der Waals surface area (Å²) in [6, 6.07) is 0. The van der Waals surface area contributed by atoms with Crippen molar-refractivity contribution in [1.29, 1.82) is 0 Å². The zero-order chi connectivity index (χ0) is 13.3. The quantitative estimate of drug-likeness (QED) is 0.477. The largest absolute Gasteiger partial charge is 0.253 e. The summed E-state index contributed by atoms with van der Waals surface area (Å²) in [4.78, 5) is 5.77. The Balaban J connectivity index is 2.51. The minimum Gasteiger partial charge on any atom is -0.253 e. The average Bonchev–Trinajstić information content (AvgIpc) is 2.89. The van der Waals surface area contributed by atoms with E-state index in [1.165, 1.54) is 62.7 Å². The van der Waals surface area contributed by atoms with Gasteiger partial charge in [0, 0.05) is 16.5 Å². The summed E-state index contributed by atoms with van der Waals surface area (Å²) in [6.07, 6.45) is 14.3. The number of hydrogen-bond acceptors (Lipinski definition) is 2. The fourth-order valence-corrected chi connectivity index (χ4v) is 3.44. The Hall–Kier alpha value is -0.370. The first-order valence-electron chi connectivity index (χ1n) is 7.62. The molecular weight excluding hydrogens is 238 g/mol. The summed E-state index contributed by atoms with van der Waals surface area (Å²) in [6.45, 7) is 7.01. The molecule has 0 saturated carbocycles. The molecule has 18 heavy (non-hydrogen) atoms. The zero-order valence-electron chi connectivity index (χ0n) is 12.4. The van der Waals surface area contributed by atoms with Crippen LogP contribution in [0.25, 0.3) is 0 Å². The molecule has 0 radical (unpaired) electrons. The monoisotopic (exact) mass is 267 g/mol. The predicted molar refractivity (Wildman–Crippen MR) is 82.4 cm³/mol. The number of hydrogen-bond donors (Lipinski definition) is 0. The van der Waals surface area contributed by atoms with Gasteiger partial charge in [-0.15, -0.1) is 11.3 Å². The van der Waals surface area contributed by atoms with Gasteiger partial charge in [0.05, 0.1) is 5.51 Å². The summed E-state index contributed by atoms with van der Waals surface area (Å²) < 4.78 is 0. The Morgan fingerprint density at radius 3 is 2.17 bits per heavy atom. The van der Waals surface area contributed by atoms with Crippen molar-refractivity contribution in [2.24, 2.45) is 0 Å². The molecule has 0 aliphatic rings. The van der Waals surface area contributed by atoms with Gasteiger partial charge in [0.1, 0.15) is 0 Å². The molecule has 0 amide bonds. The van der Waals surface area contributed by atoms with Crippen LogP contribution >= 0.6 is 11.3 Å². The van der Waals surface area contributed by atoms with Crippen LogP contribution in [-0.2, 0) is 5.41 Å². The van der Waals surface area contributed by atoms with Crippen LogP contribution in [0.3, 0.4) is 0 Å². The van der Waals surface area contributed by atoms with Crippen LogP contribution in [0.1, 0.15) is 83.4 Å². The van der Waals surface area contributed by atoms with Crippen molar-refractivity contribution in [3.8, 4) is 0 Å². The minimum absolute atomic E-state index is 0.379. The summed E-state index contributed by atoms with van der Waals surface area (Å²) in [5.74, 6) is 0. The van der Waals surface area contributed by atoms with Gasteiger partial charge in [-0.25, -0.2) is 0 Å². The first kappa shape index (κ1) is 15.7. The lowest BCUT2D eigenvalue weighted by Crippen LogP contribution is -2.20. The standard InChI is InChI=1S/C16H29NS/c1-4-6-8-10-12-16(3,11-9-7-5-2)15-13-17-14-18-15/h13-14H,4-12H2,1-3H3. The van der Waals surface area contributed by atoms with E-state index in [9.17, 15) is 0 Å². The predicted octanol–water partition coefficient (Wildman–Crippen LogP) is 5.95. The average molecular weight is 267 g/mol. The normalized spacial score (nSPS) is 14.6. The van der Waals surface area contributed by atoms with Crippen LogP contribution in [0.5, 0.6) is 0 Å². The highest BCUT2D eigenvalue weighted by Crippen LogP contribution is 2.37. The van der Waals surface area contributed by atoms with Crippen molar-refractivity contribution in [3.05, 3.63) is 16.6 Å². The van der Waals surface area contributed by atoms with E-state index >= 15 is 0 Å². The second kappa shape index (κ2) is 8.68. The Bertz CT molecular complexity index is 294. The molecule has 0 spiro atoms. The molecule has 1 nitrogen and oxygen atoms in total. The van der Waals surface area contributed by atoms with Crippen molar-refractivity contribution < 1.29 is 0 Å². The van der Waals surface area contributed by atoms with Crippen LogP contribution in [0.15, 0.2) is 11.7 Å². The molecule has 0 aliphatic carbocycles. The summed E-state index contributed by atoms with van der Waals surface area (Å²) >= 11 is 1.84. The van der Waals surface area contributed by atoms with Crippen LogP contribution in [-0.4, -0.2) is 4.98 Å². The maximum atomic E-state index is 4.28. The molecule has 0 N–H and O–H groups in total. The van der Waals surface area contributed by atoms with Gasteiger partial charge in [-0.2, -0.15) is 0 Å². The summed E-state index contributed by atoms with van der Waals surface area (Å²) in [5, 5.41) is 0. The van der Waals surface area contributed by atoms with Crippen LogP contribution in [0.4, 0.5) is 0 Å². The van der Waals surface area contributed by atoms with Crippen LogP contribution in [0, 0.1) is 0 Å². The fraction of sp³-hybridized carbons (Fsp3) is 0.812. The van der Waals surface area contributed by atoms with Crippen molar-refractivity contribution >= 4 is 11.3 Å². The molecule has 0 fully saturated rings. The molecule has 104 valence electrons. The molecule has 0 aromatic carbocycles. The molecule has 2 heteroatoms. The maximum Gasteiger partial charge on any atom is 0.0794 e. The zero-order valence-corrected chi connectivity index (χ0v) is 13.2. The van der Waals surface area contributed by atoms with Crippen molar-refractivity contribution in [2.75, 3.05) is 0 Å². The molecule has 1 unspecified atom stereocenters. The lowest BCUT2D eigenvalue weighted by Gasteiger charge is -2.28. The van der Waals surface area contributed by atoms with Gasteiger partial charge in [0.2, 0.25) is 0 Å². The van der Waals surface area contributed by atoms with E-state index in [4.69, 9.17) is 0 Å². The third-order valence-electron chi connectivity index (χ3n) is 3.94. The highest BCUT2D eigenvalue weighted by molar-refractivity contribution is 7.09. The van der Waals surface area contributed by atoms with Gasteiger partial charge in [-0.3, -0.25) is 4.98 Å². The van der Waals surface area contributed by atoms with Crippen LogP contribution in [0.2, 0.25) is 0 Å². The summed E-state index contributed by atoms with van der Waals surface area (Å²) in [7, 11) is 0. The molecule has 1 aromatic rings. The topological polar surface area (TPSA) is 12.9 Å². The number of aromatic nitrogens is 1. The molecule has 1 aromatic heterocycles. The van der Waals surface area contributed by atoms with Gasteiger partial charge in [-0.1, -0.05) is 65.7 Å². The Morgan fingerprint density at radius 1 is 1.00 bits per heavy atom. The number of rotatable bonds is 10. The molecular formula is C16H29NS. The third kappa shape index (κ3) is 5.09. The van der Waals surface area contributed by atoms with E-state index in [0.717, 1.165) is 0 Å². The molecule has 0 aliphatic heterocycles. The van der Waals surface area contributed by atoms with E-state index in [1.807, 2.05) is 16.8 Å². The van der Waals surface area contributed by atoms with E-state index in [0.29, 0.717) is 5.41 Å². The highest BCUT2D eigenvalue weighted by Gasteiger charge is 2.26. The van der Waals surface area contributed by atoms with E-state index < -0.39 is 0 Å². The van der Waals surface area contributed by atoms with E-state index in [-0.39, 0.29) is 0 Å². The Kier molecular flexibility index (Phi) is 7.57. The lowest BCUT2D eigenvalue weighted by molar-refractivity contribution is 0.371. The first-order valence-corrected chi connectivity index (χ1v) is 8.50. The number of unbranched alkanes of at least 4 members (excludes halogenated alkanes) is 5. The number of nitrogens with zero attached hydrogens (tertiary/aromatic N) is 1. The molecule has 0 saturated heterocycles. The minimum atomic E-state index is 0.379. The first-order chi connectivity index (χ1) is 8.73. The molecule has 1 rings (SSSR count). The van der Waals surface area contributed by atoms with Crippen molar-refractivity contribution in [3.63, 3.8) is 0 Å². The number of thiazole rings is 1. The third-order valence-corrected chi connectivity index (χ3v) is 5.02. The van der Waals surface area contributed by atoms with Crippen LogP contribution < -0.4 is 0 Å². The Labute approximate surface area is 117 Å². The van der Waals surface area contributed by atoms with Gasteiger partial charge < -0.3 is 0 Å². The smallest absolute Gasteiger partial charge is 0.0794 e. The molecule has 1 heterocycles.